The van der Waals surface area contributed by atoms with E-state index in [1.807, 2.05) is 11.8 Å². The van der Waals surface area contributed by atoms with Crippen molar-refractivity contribution in [2.75, 3.05) is 33.2 Å². The van der Waals surface area contributed by atoms with Crippen LogP contribution in [-0.2, 0) is 23.3 Å². The molecule has 3 heterocycles. The van der Waals surface area contributed by atoms with Crippen LogP contribution < -0.4 is 11.2 Å². The number of likely N-dealkylation sites (N-methyl/N-ethyl adjacent to an activating group) is 1. The summed E-state index contributed by atoms with van der Waals surface area (Å²) in [7, 11) is 2.06. The molecule has 184 valence electrons. The molecule has 34 heavy (non-hydrogen) atoms. The van der Waals surface area contributed by atoms with E-state index >= 15 is 0 Å². The second-order valence-electron chi connectivity index (χ2n) is 11.3. The van der Waals surface area contributed by atoms with Gasteiger partial charge in [0.2, 0.25) is 5.91 Å². The highest BCUT2D eigenvalue weighted by atomic mass is 16.2. The number of hydrogen-bond acceptors (Lipinski definition) is 5. The summed E-state index contributed by atoms with van der Waals surface area (Å²) >= 11 is 0. The van der Waals surface area contributed by atoms with Crippen molar-refractivity contribution in [2.45, 2.75) is 70.4 Å². The fraction of sp³-hybridized carbons (Fsp3) is 0.760. The van der Waals surface area contributed by atoms with Crippen molar-refractivity contribution in [3.63, 3.8) is 0 Å². The highest BCUT2D eigenvalue weighted by molar-refractivity contribution is 5.76. The lowest BCUT2D eigenvalue weighted by molar-refractivity contribution is -0.133. The molecule has 0 spiro atoms. The quantitative estimate of drug-likeness (QED) is 0.694. The van der Waals surface area contributed by atoms with Crippen molar-refractivity contribution in [1.82, 2.24) is 28.9 Å². The number of piperazine rings is 1. The molecule has 1 N–H and O–H groups in total. The van der Waals surface area contributed by atoms with Gasteiger partial charge in [-0.25, -0.2) is 9.78 Å². The number of carbonyl (C=O) groups is 1. The molecule has 5 aliphatic rings. The average molecular weight is 469 g/mol. The Labute approximate surface area is 199 Å². The molecule has 4 saturated carbocycles. The first-order valence-electron chi connectivity index (χ1n) is 13.1. The minimum absolute atomic E-state index is 0.0329. The van der Waals surface area contributed by atoms with Gasteiger partial charge in [-0.1, -0.05) is 6.92 Å². The predicted octanol–water partition coefficient (Wildman–Crippen LogP) is 1.54. The number of aromatic amines is 1. The Bertz CT molecular complexity index is 1220. The van der Waals surface area contributed by atoms with Crippen molar-refractivity contribution in [2.24, 2.45) is 17.8 Å². The Kier molecular flexibility index (Phi) is 5.24. The van der Waals surface area contributed by atoms with Gasteiger partial charge in [-0.05, 0) is 63.3 Å². The summed E-state index contributed by atoms with van der Waals surface area (Å²) < 4.78 is 2.90. The first kappa shape index (κ1) is 22.1. The predicted molar refractivity (Wildman–Crippen MR) is 129 cm³/mol. The van der Waals surface area contributed by atoms with Gasteiger partial charge in [0.25, 0.3) is 5.56 Å². The van der Waals surface area contributed by atoms with Gasteiger partial charge in [-0.2, -0.15) is 0 Å². The standard InChI is InChI=1S/C25H36N6O3/c1-3-5-31-22(33)20-21(27-23(26-20)25-14-16-11-17(15-25)13-18(25)12-16)30(24(31)34)6-4-19(32)29-9-7-28(2)8-10-29/h16-18H,3-15H2,1-2H3,(H,26,27). The van der Waals surface area contributed by atoms with Crippen LogP contribution >= 0.6 is 0 Å². The Morgan fingerprint density at radius 1 is 1.03 bits per heavy atom. The van der Waals surface area contributed by atoms with Crippen LogP contribution in [0.5, 0.6) is 0 Å². The van der Waals surface area contributed by atoms with Crippen molar-refractivity contribution in [3.8, 4) is 0 Å². The third-order valence-corrected chi connectivity index (χ3v) is 9.17. The topological polar surface area (TPSA) is 96.2 Å². The van der Waals surface area contributed by atoms with Crippen LogP contribution in [0.2, 0.25) is 0 Å². The van der Waals surface area contributed by atoms with E-state index in [-0.39, 0.29) is 35.5 Å². The van der Waals surface area contributed by atoms with E-state index in [1.165, 1.54) is 23.8 Å². The highest BCUT2D eigenvalue weighted by Crippen LogP contribution is 2.65. The summed E-state index contributed by atoms with van der Waals surface area (Å²) in [5, 5.41) is 0. The van der Waals surface area contributed by atoms with E-state index in [0.717, 1.165) is 43.6 Å². The highest BCUT2D eigenvalue weighted by Gasteiger charge is 2.59. The summed E-state index contributed by atoms with van der Waals surface area (Å²) in [6.45, 7) is 5.74. The monoisotopic (exact) mass is 468 g/mol. The molecule has 0 radical (unpaired) electrons. The molecule has 1 amide bonds. The molecule has 7 rings (SSSR count). The second-order valence-corrected chi connectivity index (χ2v) is 11.3. The van der Waals surface area contributed by atoms with Gasteiger partial charge in [0.1, 0.15) is 11.3 Å². The summed E-state index contributed by atoms with van der Waals surface area (Å²) in [4.78, 5) is 52.1. The molecule has 2 unspecified atom stereocenters. The number of aryl methyl sites for hydroxylation is 1. The number of aromatic nitrogens is 4. The van der Waals surface area contributed by atoms with E-state index in [2.05, 4.69) is 16.9 Å². The number of hydrogen-bond donors (Lipinski definition) is 1. The summed E-state index contributed by atoms with van der Waals surface area (Å²) in [6, 6.07) is 0. The SMILES string of the molecule is CCCn1c(=O)c2[nH]c(C34CC5CC(CC3C5)C4)nc2n(CCC(=O)N2CCN(C)CC2)c1=O. The minimum atomic E-state index is -0.349. The van der Waals surface area contributed by atoms with Crippen LogP contribution in [0.25, 0.3) is 11.2 Å². The third kappa shape index (κ3) is 3.30. The van der Waals surface area contributed by atoms with Crippen molar-refractivity contribution in [1.29, 1.82) is 0 Å². The lowest BCUT2D eigenvalue weighted by atomic mass is 9.75. The molecule has 4 bridgehead atoms. The van der Waals surface area contributed by atoms with Gasteiger partial charge >= 0.3 is 5.69 Å². The van der Waals surface area contributed by atoms with Gasteiger partial charge in [0, 0.05) is 51.1 Å². The molecule has 5 fully saturated rings. The maximum atomic E-state index is 13.4. The van der Waals surface area contributed by atoms with Crippen LogP contribution in [0.4, 0.5) is 0 Å². The van der Waals surface area contributed by atoms with Gasteiger partial charge < -0.3 is 14.8 Å². The van der Waals surface area contributed by atoms with Crippen molar-refractivity contribution < 1.29 is 4.79 Å². The van der Waals surface area contributed by atoms with E-state index in [0.29, 0.717) is 43.1 Å². The number of nitrogens with zero attached hydrogens (tertiary/aromatic N) is 5. The smallest absolute Gasteiger partial charge is 0.332 e. The molecule has 4 aliphatic carbocycles. The van der Waals surface area contributed by atoms with Crippen molar-refractivity contribution in [3.05, 3.63) is 26.7 Å². The number of carbonyl (C=O) groups excluding carboxylic acids is 1. The fourth-order valence-electron chi connectivity index (χ4n) is 7.63. The van der Waals surface area contributed by atoms with Crippen LogP contribution in [0.15, 0.2) is 9.59 Å². The number of rotatable bonds is 6. The Hall–Kier alpha value is -2.42. The summed E-state index contributed by atoms with van der Waals surface area (Å²) in [5.74, 6) is 3.13. The number of H-pyrrole nitrogens is 1. The molecule has 9 nitrogen and oxygen atoms in total. The zero-order chi connectivity index (χ0) is 23.6. The number of fused-ring (bicyclic) bond motifs is 1. The fourth-order valence-corrected chi connectivity index (χ4v) is 7.63. The maximum absolute atomic E-state index is 13.4. The van der Waals surface area contributed by atoms with Gasteiger partial charge in [0.15, 0.2) is 5.65 Å². The van der Waals surface area contributed by atoms with Gasteiger partial charge in [-0.3, -0.25) is 18.7 Å². The lowest BCUT2D eigenvalue weighted by Crippen LogP contribution is -2.47. The molecular formula is C25H36N6O3. The number of amides is 1. The van der Waals surface area contributed by atoms with E-state index < -0.39 is 0 Å². The summed E-state index contributed by atoms with van der Waals surface area (Å²) in [6.07, 6.45) is 7.08. The van der Waals surface area contributed by atoms with E-state index in [9.17, 15) is 14.4 Å². The lowest BCUT2D eigenvalue weighted by Gasteiger charge is -2.32. The molecule has 2 aromatic heterocycles. The summed E-state index contributed by atoms with van der Waals surface area (Å²) in [5.41, 5.74) is 0.264. The minimum Gasteiger partial charge on any atom is -0.340 e. The molecule has 1 aliphatic heterocycles. The first-order valence-corrected chi connectivity index (χ1v) is 13.1. The number of imidazole rings is 1. The van der Waals surface area contributed by atoms with Crippen LogP contribution in [0.1, 0.15) is 57.7 Å². The molecule has 1 saturated heterocycles. The Balaban J connectivity index is 1.37. The second kappa shape index (κ2) is 8.07. The Morgan fingerprint density at radius 3 is 2.41 bits per heavy atom. The van der Waals surface area contributed by atoms with Gasteiger partial charge in [0.05, 0.1) is 0 Å². The first-order chi connectivity index (χ1) is 16.4. The molecular weight excluding hydrogens is 432 g/mol. The largest absolute Gasteiger partial charge is 0.340 e. The van der Waals surface area contributed by atoms with Gasteiger partial charge in [-0.15, -0.1) is 0 Å². The normalized spacial score (nSPS) is 30.6. The van der Waals surface area contributed by atoms with Crippen molar-refractivity contribution >= 4 is 17.1 Å². The number of nitrogens with one attached hydrogen (secondary N) is 1. The Morgan fingerprint density at radius 2 is 1.74 bits per heavy atom. The maximum Gasteiger partial charge on any atom is 0.332 e. The third-order valence-electron chi connectivity index (χ3n) is 9.17. The average Bonchev–Trinajstić information content (AvgIpc) is 3.44. The van der Waals surface area contributed by atoms with Crippen LogP contribution in [0, 0.1) is 17.8 Å². The molecule has 2 aromatic rings. The molecule has 2 atom stereocenters. The van der Waals surface area contributed by atoms with Crippen LogP contribution in [-0.4, -0.2) is 68.0 Å². The van der Waals surface area contributed by atoms with Crippen LogP contribution in [0.3, 0.4) is 0 Å². The zero-order valence-corrected chi connectivity index (χ0v) is 20.4. The van der Waals surface area contributed by atoms with E-state index in [4.69, 9.17) is 4.98 Å². The molecule has 0 aromatic carbocycles. The molecule has 9 heteroatoms. The van der Waals surface area contributed by atoms with E-state index in [1.54, 1.807) is 4.57 Å². The zero-order valence-electron chi connectivity index (χ0n) is 20.4.